The molecule has 0 saturated carbocycles. The van der Waals surface area contributed by atoms with E-state index in [0.717, 1.165) is 0 Å². The van der Waals surface area contributed by atoms with Crippen LogP contribution in [0.1, 0.15) is 17.2 Å². The van der Waals surface area contributed by atoms with Crippen molar-refractivity contribution in [1.29, 1.82) is 0 Å². The van der Waals surface area contributed by atoms with Gasteiger partial charge in [0.25, 0.3) is 11.7 Å². The predicted octanol–water partition coefficient (Wildman–Crippen LogP) is 5.63. The number of ether oxygens (including phenoxy) is 1. The van der Waals surface area contributed by atoms with Gasteiger partial charge in [0.2, 0.25) is 0 Å². The number of hydrogen-bond donors (Lipinski definition) is 1. The first kappa shape index (κ1) is 21.0. The molecule has 156 valence electrons. The van der Waals surface area contributed by atoms with E-state index in [-0.39, 0.29) is 21.9 Å². The molecule has 0 aliphatic carbocycles. The van der Waals surface area contributed by atoms with Crippen molar-refractivity contribution in [2.24, 2.45) is 0 Å². The number of ketones is 1. The number of aliphatic hydroxyl groups is 1. The number of aliphatic hydroxyl groups excluding tert-OH is 1. The Hall–Kier alpha value is -3.28. The maximum atomic E-state index is 13.1. The fourth-order valence-corrected chi connectivity index (χ4v) is 3.94. The fraction of sp³-hybridized carbons (Fsp3) is 0.0833. The van der Waals surface area contributed by atoms with Crippen LogP contribution in [0.5, 0.6) is 5.75 Å². The highest BCUT2D eigenvalue weighted by Gasteiger charge is 2.47. The number of amides is 1. The molecule has 4 rings (SSSR count). The van der Waals surface area contributed by atoms with Gasteiger partial charge >= 0.3 is 0 Å². The number of nitrogens with zero attached hydrogens (tertiary/aromatic N) is 1. The summed E-state index contributed by atoms with van der Waals surface area (Å²) < 4.78 is 5.22. The molecule has 1 atom stereocenters. The first-order valence-corrected chi connectivity index (χ1v) is 10.1. The average molecular weight is 454 g/mol. The van der Waals surface area contributed by atoms with Gasteiger partial charge in [0.15, 0.2) is 0 Å². The lowest BCUT2D eigenvalue weighted by atomic mass is 9.95. The van der Waals surface area contributed by atoms with Crippen LogP contribution >= 0.6 is 23.2 Å². The molecule has 31 heavy (non-hydrogen) atoms. The van der Waals surface area contributed by atoms with E-state index in [9.17, 15) is 14.7 Å². The summed E-state index contributed by atoms with van der Waals surface area (Å²) in [5, 5.41) is 11.9. The van der Waals surface area contributed by atoms with Crippen molar-refractivity contribution in [2.45, 2.75) is 6.04 Å². The summed E-state index contributed by atoms with van der Waals surface area (Å²) in [5.41, 5.74) is 1.28. The largest absolute Gasteiger partial charge is 0.507 e. The molecule has 3 aromatic rings. The minimum Gasteiger partial charge on any atom is -0.507 e. The minimum atomic E-state index is -0.859. The summed E-state index contributed by atoms with van der Waals surface area (Å²) in [6.45, 7) is 0. The zero-order valence-electron chi connectivity index (χ0n) is 16.4. The van der Waals surface area contributed by atoms with Crippen LogP contribution in [0.3, 0.4) is 0 Å². The van der Waals surface area contributed by atoms with E-state index in [0.29, 0.717) is 22.0 Å². The second kappa shape index (κ2) is 8.46. The standard InChI is InChI=1S/C24H17Cl2NO4/c1-31-17-11-12-19(26)18(13-17)22(28)20-21(14-7-9-15(25)10-8-14)27(24(30)23(20)29)16-5-3-2-4-6-16/h2-13,21,28H,1H3/b22-20+. The number of hydrogen-bond acceptors (Lipinski definition) is 4. The molecular weight excluding hydrogens is 437 g/mol. The van der Waals surface area contributed by atoms with E-state index >= 15 is 0 Å². The quantitative estimate of drug-likeness (QED) is 0.315. The Bertz CT molecular complexity index is 1190. The number of para-hydroxylation sites is 1. The lowest BCUT2D eigenvalue weighted by Crippen LogP contribution is -2.29. The third kappa shape index (κ3) is 3.78. The van der Waals surface area contributed by atoms with E-state index < -0.39 is 17.7 Å². The third-order valence-electron chi connectivity index (χ3n) is 5.09. The number of halogens is 2. The van der Waals surface area contributed by atoms with E-state index in [1.807, 2.05) is 6.07 Å². The van der Waals surface area contributed by atoms with Crippen LogP contribution in [0.4, 0.5) is 5.69 Å². The Balaban J connectivity index is 1.97. The van der Waals surface area contributed by atoms with Crippen LogP contribution in [0.25, 0.3) is 5.76 Å². The zero-order valence-corrected chi connectivity index (χ0v) is 17.9. The molecule has 1 aliphatic rings. The van der Waals surface area contributed by atoms with Gasteiger partial charge in [-0.05, 0) is 48.0 Å². The Kier molecular flexibility index (Phi) is 5.72. The summed E-state index contributed by atoms with van der Waals surface area (Å²) in [4.78, 5) is 27.5. The molecule has 0 spiro atoms. The van der Waals surface area contributed by atoms with Gasteiger partial charge < -0.3 is 9.84 Å². The van der Waals surface area contributed by atoms with Crippen LogP contribution in [0.2, 0.25) is 10.0 Å². The molecule has 1 saturated heterocycles. The van der Waals surface area contributed by atoms with E-state index in [4.69, 9.17) is 27.9 Å². The maximum Gasteiger partial charge on any atom is 0.300 e. The number of methoxy groups -OCH3 is 1. The van der Waals surface area contributed by atoms with Gasteiger partial charge in [-0.3, -0.25) is 14.5 Å². The molecule has 0 radical (unpaired) electrons. The fourth-order valence-electron chi connectivity index (χ4n) is 3.61. The number of carbonyl (C=O) groups is 2. The number of carbonyl (C=O) groups excluding carboxylic acids is 2. The lowest BCUT2D eigenvalue weighted by Gasteiger charge is -2.25. The Morgan fingerprint density at radius 2 is 1.65 bits per heavy atom. The molecule has 1 N–H and O–H groups in total. The first-order valence-electron chi connectivity index (χ1n) is 9.38. The summed E-state index contributed by atoms with van der Waals surface area (Å²) in [7, 11) is 1.48. The van der Waals surface area contributed by atoms with Gasteiger partial charge in [-0.15, -0.1) is 0 Å². The van der Waals surface area contributed by atoms with Gasteiger partial charge in [-0.2, -0.15) is 0 Å². The number of benzene rings is 3. The van der Waals surface area contributed by atoms with E-state index in [1.54, 1.807) is 60.7 Å². The highest BCUT2D eigenvalue weighted by atomic mass is 35.5. The summed E-state index contributed by atoms with van der Waals surface area (Å²) in [6.07, 6.45) is 0. The van der Waals surface area contributed by atoms with Crippen LogP contribution in [0, 0.1) is 0 Å². The minimum absolute atomic E-state index is 0.0636. The highest BCUT2D eigenvalue weighted by molar-refractivity contribution is 6.52. The zero-order chi connectivity index (χ0) is 22.1. The second-order valence-corrected chi connectivity index (χ2v) is 7.75. The molecule has 0 bridgehead atoms. The normalized spacial score (nSPS) is 17.8. The van der Waals surface area contributed by atoms with E-state index in [1.165, 1.54) is 18.1 Å². The van der Waals surface area contributed by atoms with Gasteiger partial charge in [0.1, 0.15) is 11.5 Å². The molecule has 5 nitrogen and oxygen atoms in total. The van der Waals surface area contributed by atoms with Crippen molar-refractivity contribution >= 4 is 46.3 Å². The number of Topliss-reactive ketones (excluding diaryl/α,β-unsaturated/α-hetero) is 1. The first-order chi connectivity index (χ1) is 14.9. The highest BCUT2D eigenvalue weighted by Crippen LogP contribution is 2.43. The topological polar surface area (TPSA) is 66.8 Å². The van der Waals surface area contributed by atoms with Gasteiger partial charge in [-0.1, -0.05) is 53.5 Å². The molecule has 7 heteroatoms. The van der Waals surface area contributed by atoms with Crippen molar-refractivity contribution < 1.29 is 19.4 Å². The van der Waals surface area contributed by atoms with Crippen molar-refractivity contribution in [3.8, 4) is 5.75 Å². The van der Waals surface area contributed by atoms with Crippen LogP contribution in [-0.2, 0) is 9.59 Å². The monoisotopic (exact) mass is 453 g/mol. The molecule has 1 fully saturated rings. The van der Waals surface area contributed by atoms with Crippen LogP contribution < -0.4 is 9.64 Å². The lowest BCUT2D eigenvalue weighted by molar-refractivity contribution is -0.132. The van der Waals surface area contributed by atoms with Crippen molar-refractivity contribution in [3.05, 3.63) is 99.5 Å². The van der Waals surface area contributed by atoms with Gasteiger partial charge in [-0.25, -0.2) is 0 Å². The molecular formula is C24H17Cl2NO4. The van der Waals surface area contributed by atoms with Crippen molar-refractivity contribution in [3.63, 3.8) is 0 Å². The smallest absolute Gasteiger partial charge is 0.300 e. The number of anilines is 1. The third-order valence-corrected chi connectivity index (χ3v) is 5.67. The SMILES string of the molecule is COc1ccc(Cl)c(/C(O)=C2\C(=O)C(=O)N(c3ccccc3)C2c2ccc(Cl)cc2)c1. The van der Waals surface area contributed by atoms with E-state index in [2.05, 4.69) is 0 Å². The summed E-state index contributed by atoms with van der Waals surface area (Å²) in [6, 6.07) is 19.4. The number of rotatable bonds is 4. The summed E-state index contributed by atoms with van der Waals surface area (Å²) in [5.74, 6) is -1.47. The Labute approximate surface area is 189 Å². The Morgan fingerprint density at radius 1 is 0.968 bits per heavy atom. The molecule has 1 heterocycles. The van der Waals surface area contributed by atoms with Gasteiger partial charge in [0.05, 0.1) is 23.7 Å². The molecule has 3 aromatic carbocycles. The average Bonchev–Trinajstić information content (AvgIpc) is 3.05. The van der Waals surface area contributed by atoms with Crippen LogP contribution in [0.15, 0.2) is 78.4 Å². The van der Waals surface area contributed by atoms with Crippen molar-refractivity contribution in [2.75, 3.05) is 12.0 Å². The second-order valence-electron chi connectivity index (χ2n) is 6.90. The van der Waals surface area contributed by atoms with Crippen LogP contribution in [-0.4, -0.2) is 23.9 Å². The van der Waals surface area contributed by atoms with Gasteiger partial charge in [0, 0.05) is 16.3 Å². The molecule has 1 amide bonds. The van der Waals surface area contributed by atoms with Crippen molar-refractivity contribution in [1.82, 2.24) is 0 Å². The summed E-state index contributed by atoms with van der Waals surface area (Å²) >= 11 is 12.3. The molecule has 1 unspecified atom stereocenters. The predicted molar refractivity (Wildman–Crippen MR) is 121 cm³/mol. The maximum absolute atomic E-state index is 13.1. The molecule has 1 aliphatic heterocycles. The molecule has 0 aromatic heterocycles. The Morgan fingerprint density at radius 3 is 2.29 bits per heavy atom.